The Balaban J connectivity index is 1.84. The smallest absolute Gasteiger partial charge is 0.292 e. The molecule has 2 aromatic rings. The van der Waals surface area contributed by atoms with Gasteiger partial charge >= 0.3 is 0 Å². The predicted octanol–water partition coefficient (Wildman–Crippen LogP) is 1.96. The molecule has 7 nitrogen and oxygen atoms in total. The minimum Gasteiger partial charge on any atom is -0.324 e. The van der Waals surface area contributed by atoms with Crippen molar-refractivity contribution in [2.75, 3.05) is 22.5 Å². The molecule has 0 unspecified atom stereocenters. The summed E-state index contributed by atoms with van der Waals surface area (Å²) in [5, 5.41) is 6.88. The van der Waals surface area contributed by atoms with Gasteiger partial charge in [-0.15, -0.1) is 11.8 Å². The van der Waals surface area contributed by atoms with Crippen LogP contribution in [0.3, 0.4) is 0 Å². The molecule has 0 atom stereocenters. The maximum absolute atomic E-state index is 12.7. The van der Waals surface area contributed by atoms with Crippen LogP contribution in [0.4, 0.5) is 11.4 Å². The molecule has 0 saturated heterocycles. The Hall–Kier alpha value is -2.61. The zero-order valence-electron chi connectivity index (χ0n) is 14.9. The number of rotatable bonds is 4. The summed E-state index contributed by atoms with van der Waals surface area (Å²) < 4.78 is 1.10. The molecule has 1 N–H and O–H groups in total. The topological polar surface area (TPSA) is 84.3 Å². The fourth-order valence-electron chi connectivity index (χ4n) is 2.99. The molecular weight excluding hydrogens is 352 g/mol. The van der Waals surface area contributed by atoms with Gasteiger partial charge in [0.2, 0.25) is 11.8 Å². The maximum Gasteiger partial charge on any atom is 0.292 e. The molecule has 0 bridgehead atoms. The van der Waals surface area contributed by atoms with Gasteiger partial charge < -0.3 is 10.2 Å². The van der Waals surface area contributed by atoms with Crippen molar-refractivity contribution in [2.24, 2.45) is 0 Å². The molecular formula is C18H20N4O3S. The third-order valence-corrected chi connectivity index (χ3v) is 5.02. The van der Waals surface area contributed by atoms with Gasteiger partial charge in [0.25, 0.3) is 5.56 Å². The van der Waals surface area contributed by atoms with Crippen LogP contribution in [0.1, 0.15) is 18.1 Å². The van der Waals surface area contributed by atoms with Crippen LogP contribution in [0.25, 0.3) is 0 Å². The van der Waals surface area contributed by atoms with Crippen molar-refractivity contribution in [1.82, 2.24) is 9.78 Å². The van der Waals surface area contributed by atoms with Crippen molar-refractivity contribution in [3.8, 4) is 0 Å². The second-order valence-electron chi connectivity index (χ2n) is 6.17. The van der Waals surface area contributed by atoms with E-state index in [1.807, 2.05) is 39.0 Å². The molecule has 0 spiro atoms. The molecule has 1 aromatic carbocycles. The van der Waals surface area contributed by atoms with Crippen molar-refractivity contribution >= 4 is 35.0 Å². The van der Waals surface area contributed by atoms with E-state index in [0.29, 0.717) is 28.6 Å². The second kappa shape index (κ2) is 7.33. The molecule has 2 heterocycles. The zero-order chi connectivity index (χ0) is 18.8. The van der Waals surface area contributed by atoms with E-state index in [0.717, 1.165) is 15.8 Å². The van der Waals surface area contributed by atoms with Gasteiger partial charge in [0, 0.05) is 12.2 Å². The van der Waals surface area contributed by atoms with Crippen LogP contribution in [0, 0.1) is 13.8 Å². The van der Waals surface area contributed by atoms with E-state index in [-0.39, 0.29) is 18.4 Å². The van der Waals surface area contributed by atoms with Gasteiger partial charge in [-0.3, -0.25) is 14.4 Å². The third-order valence-electron chi connectivity index (χ3n) is 4.02. The summed E-state index contributed by atoms with van der Waals surface area (Å²) in [5.41, 5.74) is 2.64. The Morgan fingerprint density at radius 2 is 1.92 bits per heavy atom. The highest BCUT2D eigenvalue weighted by Crippen LogP contribution is 2.31. The summed E-state index contributed by atoms with van der Waals surface area (Å²) >= 11 is 1.30. The van der Waals surface area contributed by atoms with Gasteiger partial charge in [0.15, 0.2) is 0 Å². The number of nitrogens with zero attached hydrogens (tertiary/aromatic N) is 3. The van der Waals surface area contributed by atoms with E-state index in [1.165, 1.54) is 16.7 Å². The van der Waals surface area contributed by atoms with E-state index < -0.39 is 5.56 Å². The summed E-state index contributed by atoms with van der Waals surface area (Å²) in [6.07, 6.45) is 1.54. The summed E-state index contributed by atoms with van der Waals surface area (Å²) in [6.45, 7) is 5.91. The third kappa shape index (κ3) is 3.65. The van der Waals surface area contributed by atoms with E-state index in [1.54, 1.807) is 6.20 Å². The number of nitrogens with one attached hydrogen (secondary N) is 1. The summed E-state index contributed by atoms with van der Waals surface area (Å²) in [4.78, 5) is 39.2. The lowest BCUT2D eigenvalue weighted by Crippen LogP contribution is -2.42. The van der Waals surface area contributed by atoms with Gasteiger partial charge in [0.05, 0.1) is 16.8 Å². The Kier molecular flexibility index (Phi) is 5.13. The number of carbonyl (C=O) groups excluding carboxylic acids is 2. The molecule has 2 amide bonds. The number of hydrogen-bond acceptors (Lipinski definition) is 5. The van der Waals surface area contributed by atoms with Crippen LogP contribution < -0.4 is 15.8 Å². The Morgan fingerprint density at radius 3 is 2.58 bits per heavy atom. The Labute approximate surface area is 155 Å². The molecule has 1 aliphatic rings. The first-order chi connectivity index (χ1) is 12.4. The molecule has 0 fully saturated rings. The molecule has 0 aliphatic carbocycles. The summed E-state index contributed by atoms with van der Waals surface area (Å²) in [5.74, 6) is -0.166. The highest BCUT2D eigenvalue weighted by atomic mass is 32.2. The largest absolute Gasteiger partial charge is 0.324 e. The number of aryl methyl sites for hydroxylation is 2. The van der Waals surface area contributed by atoms with Crippen LogP contribution in [-0.2, 0) is 16.1 Å². The first kappa shape index (κ1) is 18.2. The van der Waals surface area contributed by atoms with Crippen molar-refractivity contribution in [3.05, 3.63) is 45.9 Å². The lowest BCUT2D eigenvalue weighted by Gasteiger charge is -2.26. The summed E-state index contributed by atoms with van der Waals surface area (Å²) in [7, 11) is 0. The normalized spacial score (nSPS) is 13.5. The Morgan fingerprint density at radius 1 is 1.23 bits per heavy atom. The van der Waals surface area contributed by atoms with E-state index in [2.05, 4.69) is 10.4 Å². The van der Waals surface area contributed by atoms with Crippen LogP contribution in [-0.4, -0.2) is 33.9 Å². The van der Waals surface area contributed by atoms with E-state index in [4.69, 9.17) is 0 Å². The fourth-order valence-corrected chi connectivity index (χ4v) is 3.88. The number of thioether (sulfide) groups is 1. The highest BCUT2D eigenvalue weighted by molar-refractivity contribution is 8.00. The number of fused-ring (bicyclic) bond motifs is 1. The molecule has 0 saturated carbocycles. The number of carbonyl (C=O) groups is 2. The molecule has 136 valence electrons. The second-order valence-corrected chi connectivity index (χ2v) is 7.19. The lowest BCUT2D eigenvalue weighted by atomic mass is 10.1. The van der Waals surface area contributed by atoms with Gasteiger partial charge in [-0.05, 0) is 44.0 Å². The average molecular weight is 372 g/mol. The molecule has 1 aliphatic heterocycles. The van der Waals surface area contributed by atoms with Crippen LogP contribution in [0.15, 0.2) is 34.1 Å². The number of benzene rings is 1. The van der Waals surface area contributed by atoms with Gasteiger partial charge in [-0.2, -0.15) is 5.10 Å². The first-order valence-electron chi connectivity index (χ1n) is 8.30. The first-order valence-corrected chi connectivity index (χ1v) is 9.29. The minimum absolute atomic E-state index is 0.112. The molecule has 8 heteroatoms. The van der Waals surface area contributed by atoms with E-state index >= 15 is 0 Å². The van der Waals surface area contributed by atoms with Crippen LogP contribution in [0.5, 0.6) is 0 Å². The Bertz CT molecular complexity index is 918. The number of aromatic nitrogens is 2. The summed E-state index contributed by atoms with van der Waals surface area (Å²) in [6, 6.07) is 5.74. The van der Waals surface area contributed by atoms with E-state index in [9.17, 15) is 14.4 Å². The maximum atomic E-state index is 12.7. The van der Waals surface area contributed by atoms with Gasteiger partial charge in [-0.1, -0.05) is 6.07 Å². The van der Waals surface area contributed by atoms with Crippen molar-refractivity contribution in [2.45, 2.75) is 32.2 Å². The van der Waals surface area contributed by atoms with Crippen molar-refractivity contribution in [1.29, 1.82) is 0 Å². The minimum atomic E-state index is -0.430. The number of anilines is 2. The van der Waals surface area contributed by atoms with Crippen LogP contribution in [0.2, 0.25) is 0 Å². The van der Waals surface area contributed by atoms with Crippen molar-refractivity contribution < 1.29 is 9.59 Å². The molecule has 26 heavy (non-hydrogen) atoms. The van der Waals surface area contributed by atoms with Gasteiger partial charge in [-0.25, -0.2) is 4.68 Å². The molecule has 0 radical (unpaired) electrons. The highest BCUT2D eigenvalue weighted by Gasteiger charge is 2.28. The molecule has 3 rings (SSSR count). The number of hydrogen-bond donors (Lipinski definition) is 1. The monoisotopic (exact) mass is 372 g/mol. The van der Waals surface area contributed by atoms with Crippen LogP contribution >= 0.6 is 11.8 Å². The predicted molar refractivity (Wildman–Crippen MR) is 102 cm³/mol. The fraction of sp³-hybridized carbons (Fsp3) is 0.333. The average Bonchev–Trinajstić information content (AvgIpc) is 2.56. The SMILES string of the molecule is CCN1C(=O)CSc2cnn(CC(=O)Nc3cc(C)cc(C)c3)c(=O)c21. The van der Waals surface area contributed by atoms with Gasteiger partial charge in [0.1, 0.15) is 12.2 Å². The number of amides is 2. The quantitative estimate of drug-likeness (QED) is 0.887. The standard InChI is InChI=1S/C18H20N4O3S/c1-4-21-16(24)10-26-14-8-19-22(18(25)17(14)21)9-15(23)20-13-6-11(2)5-12(3)7-13/h5-8H,4,9-10H2,1-3H3,(H,20,23). The van der Waals surface area contributed by atoms with Crippen molar-refractivity contribution in [3.63, 3.8) is 0 Å². The lowest BCUT2D eigenvalue weighted by molar-refractivity contribution is -0.117. The molecule has 1 aromatic heterocycles. The zero-order valence-corrected chi connectivity index (χ0v) is 15.7.